The molecule has 2 atom stereocenters. The number of allylic oxidation sites excluding steroid dienone is 1. The van der Waals surface area contributed by atoms with E-state index in [1.807, 2.05) is 18.7 Å². The molecule has 1 heterocycles. The fourth-order valence-corrected chi connectivity index (χ4v) is 2.52. The van der Waals surface area contributed by atoms with Crippen molar-refractivity contribution < 1.29 is 5.11 Å². The second-order valence-electron chi connectivity index (χ2n) is 3.21. The molecule has 0 aromatic heterocycles. The van der Waals surface area contributed by atoms with Crippen LogP contribution in [0.4, 0.5) is 0 Å². The Bertz CT molecular complexity index is 172. The third-order valence-corrected chi connectivity index (χ3v) is 3.52. The van der Waals surface area contributed by atoms with Gasteiger partial charge in [-0.15, -0.1) is 11.8 Å². The summed E-state index contributed by atoms with van der Waals surface area (Å²) < 4.78 is 0. The van der Waals surface area contributed by atoms with Crippen molar-refractivity contribution in [2.45, 2.75) is 33.3 Å². The van der Waals surface area contributed by atoms with Gasteiger partial charge in [0.2, 0.25) is 0 Å². The molecule has 0 saturated heterocycles. The SMILES string of the molecule is CC1=C([C@H](C)[C@@H](C)O)CCS1. The number of rotatable bonds is 2. The maximum absolute atomic E-state index is 9.36. The molecule has 1 aliphatic rings. The standard InChI is InChI=1S/C9H16OS/c1-6(7(2)10)9-4-5-11-8(9)3/h6-7,10H,4-5H2,1-3H3/t6-,7-/m1/s1. The van der Waals surface area contributed by atoms with Gasteiger partial charge in [-0.2, -0.15) is 0 Å². The molecule has 0 aliphatic carbocycles. The second-order valence-corrected chi connectivity index (χ2v) is 4.52. The maximum atomic E-state index is 9.36. The van der Waals surface area contributed by atoms with Crippen molar-refractivity contribution in [1.29, 1.82) is 0 Å². The number of thioether (sulfide) groups is 1. The van der Waals surface area contributed by atoms with Gasteiger partial charge in [0, 0.05) is 11.7 Å². The van der Waals surface area contributed by atoms with Gasteiger partial charge in [0.05, 0.1) is 6.10 Å². The molecule has 0 amide bonds. The summed E-state index contributed by atoms with van der Waals surface area (Å²) in [6.07, 6.45) is 0.974. The van der Waals surface area contributed by atoms with Gasteiger partial charge >= 0.3 is 0 Å². The Morgan fingerprint density at radius 2 is 2.09 bits per heavy atom. The first-order valence-electron chi connectivity index (χ1n) is 4.13. The van der Waals surface area contributed by atoms with Crippen LogP contribution >= 0.6 is 11.8 Å². The first-order chi connectivity index (χ1) is 5.13. The Labute approximate surface area is 72.9 Å². The van der Waals surface area contributed by atoms with E-state index in [9.17, 15) is 5.11 Å². The molecule has 11 heavy (non-hydrogen) atoms. The summed E-state index contributed by atoms with van der Waals surface area (Å²) >= 11 is 1.92. The summed E-state index contributed by atoms with van der Waals surface area (Å²) in [6, 6.07) is 0. The van der Waals surface area contributed by atoms with Crippen molar-refractivity contribution in [3.8, 4) is 0 Å². The maximum Gasteiger partial charge on any atom is 0.0575 e. The number of hydrogen-bond donors (Lipinski definition) is 1. The molecule has 1 N–H and O–H groups in total. The number of hydrogen-bond acceptors (Lipinski definition) is 2. The Balaban J connectivity index is 2.66. The molecular weight excluding hydrogens is 156 g/mol. The van der Waals surface area contributed by atoms with E-state index in [-0.39, 0.29) is 6.10 Å². The van der Waals surface area contributed by atoms with Gasteiger partial charge in [0.25, 0.3) is 0 Å². The molecule has 0 radical (unpaired) electrons. The average Bonchev–Trinajstić information content (AvgIpc) is 2.33. The summed E-state index contributed by atoms with van der Waals surface area (Å²) in [5.41, 5.74) is 1.46. The van der Waals surface area contributed by atoms with E-state index in [4.69, 9.17) is 0 Å². The van der Waals surface area contributed by atoms with Gasteiger partial charge in [0.1, 0.15) is 0 Å². The van der Waals surface area contributed by atoms with Crippen LogP contribution in [0.5, 0.6) is 0 Å². The second kappa shape index (κ2) is 3.63. The highest BCUT2D eigenvalue weighted by atomic mass is 32.2. The van der Waals surface area contributed by atoms with Crippen LogP contribution in [0, 0.1) is 5.92 Å². The van der Waals surface area contributed by atoms with Crippen molar-refractivity contribution in [2.75, 3.05) is 5.75 Å². The van der Waals surface area contributed by atoms with E-state index in [1.165, 1.54) is 22.7 Å². The molecule has 64 valence electrons. The molecule has 0 spiro atoms. The summed E-state index contributed by atoms with van der Waals surface area (Å²) in [4.78, 5) is 1.43. The zero-order valence-corrected chi connectivity index (χ0v) is 8.24. The lowest BCUT2D eigenvalue weighted by atomic mass is 9.94. The topological polar surface area (TPSA) is 20.2 Å². The molecule has 0 bridgehead atoms. The van der Waals surface area contributed by atoms with E-state index in [0.717, 1.165) is 0 Å². The van der Waals surface area contributed by atoms with Crippen molar-refractivity contribution in [3.05, 3.63) is 10.5 Å². The van der Waals surface area contributed by atoms with Gasteiger partial charge < -0.3 is 5.11 Å². The largest absolute Gasteiger partial charge is 0.393 e. The van der Waals surface area contributed by atoms with E-state index in [1.54, 1.807) is 0 Å². The highest BCUT2D eigenvalue weighted by Crippen LogP contribution is 2.36. The lowest BCUT2D eigenvalue weighted by Crippen LogP contribution is -2.15. The summed E-state index contributed by atoms with van der Waals surface area (Å²) in [5, 5.41) is 9.36. The van der Waals surface area contributed by atoms with Crippen LogP contribution in [-0.2, 0) is 0 Å². The zero-order valence-electron chi connectivity index (χ0n) is 7.42. The average molecular weight is 172 g/mol. The molecule has 1 nitrogen and oxygen atoms in total. The molecule has 0 aromatic rings. The van der Waals surface area contributed by atoms with Crippen LogP contribution in [0.1, 0.15) is 27.2 Å². The number of aliphatic hydroxyl groups excluding tert-OH is 1. The van der Waals surface area contributed by atoms with Crippen LogP contribution in [0.2, 0.25) is 0 Å². The molecule has 0 saturated carbocycles. The van der Waals surface area contributed by atoms with E-state index in [2.05, 4.69) is 13.8 Å². The fourth-order valence-electron chi connectivity index (χ4n) is 1.42. The Morgan fingerprint density at radius 3 is 2.45 bits per heavy atom. The summed E-state index contributed by atoms with van der Waals surface area (Å²) in [5.74, 6) is 1.56. The summed E-state index contributed by atoms with van der Waals surface area (Å²) in [6.45, 7) is 6.13. The molecule has 0 aromatic carbocycles. The molecular formula is C9H16OS. The lowest BCUT2D eigenvalue weighted by molar-refractivity contribution is 0.151. The lowest BCUT2D eigenvalue weighted by Gasteiger charge is -2.16. The van der Waals surface area contributed by atoms with Crippen molar-refractivity contribution in [2.24, 2.45) is 5.92 Å². The van der Waals surface area contributed by atoms with E-state index in [0.29, 0.717) is 5.92 Å². The monoisotopic (exact) mass is 172 g/mol. The molecule has 1 aliphatic heterocycles. The van der Waals surface area contributed by atoms with E-state index < -0.39 is 0 Å². The third kappa shape index (κ3) is 2.00. The molecule has 2 heteroatoms. The van der Waals surface area contributed by atoms with Crippen LogP contribution in [0.25, 0.3) is 0 Å². The Morgan fingerprint density at radius 1 is 1.45 bits per heavy atom. The molecule has 1 rings (SSSR count). The van der Waals surface area contributed by atoms with Crippen molar-refractivity contribution in [1.82, 2.24) is 0 Å². The van der Waals surface area contributed by atoms with Crippen LogP contribution in [0.3, 0.4) is 0 Å². The first kappa shape index (κ1) is 9.14. The molecule has 0 fully saturated rings. The van der Waals surface area contributed by atoms with Gasteiger partial charge in [-0.05, 0) is 25.2 Å². The van der Waals surface area contributed by atoms with Crippen molar-refractivity contribution in [3.63, 3.8) is 0 Å². The van der Waals surface area contributed by atoms with Gasteiger partial charge in [-0.1, -0.05) is 12.5 Å². The fraction of sp³-hybridized carbons (Fsp3) is 0.778. The predicted molar refractivity (Wildman–Crippen MR) is 50.6 cm³/mol. The first-order valence-corrected chi connectivity index (χ1v) is 5.12. The summed E-state index contributed by atoms with van der Waals surface area (Å²) in [7, 11) is 0. The van der Waals surface area contributed by atoms with Crippen LogP contribution < -0.4 is 0 Å². The zero-order chi connectivity index (χ0) is 8.43. The van der Waals surface area contributed by atoms with Crippen molar-refractivity contribution >= 4 is 11.8 Å². The molecule has 0 unspecified atom stereocenters. The minimum atomic E-state index is -0.196. The highest BCUT2D eigenvalue weighted by Gasteiger charge is 2.20. The van der Waals surface area contributed by atoms with Crippen LogP contribution in [0.15, 0.2) is 10.5 Å². The third-order valence-electron chi connectivity index (χ3n) is 2.42. The van der Waals surface area contributed by atoms with E-state index >= 15 is 0 Å². The number of aliphatic hydroxyl groups is 1. The quantitative estimate of drug-likeness (QED) is 0.690. The van der Waals surface area contributed by atoms with Gasteiger partial charge in [0.15, 0.2) is 0 Å². The van der Waals surface area contributed by atoms with Crippen LogP contribution in [-0.4, -0.2) is 17.0 Å². The smallest absolute Gasteiger partial charge is 0.0575 e. The normalized spacial score (nSPS) is 24.0. The van der Waals surface area contributed by atoms with Gasteiger partial charge in [-0.3, -0.25) is 0 Å². The Hall–Kier alpha value is 0.0500. The minimum Gasteiger partial charge on any atom is -0.393 e. The highest BCUT2D eigenvalue weighted by molar-refractivity contribution is 8.03. The minimum absolute atomic E-state index is 0.196. The van der Waals surface area contributed by atoms with Gasteiger partial charge in [-0.25, -0.2) is 0 Å². The Kier molecular flexibility index (Phi) is 3.02. The predicted octanol–water partition coefficient (Wildman–Crippen LogP) is 2.41.